The standard InChI is InChI=1S/C23H46N2O4/c1-21(2,3)23(7)9-12-25(13-10-23)20(26)8-14-27-16-18-29-19-17-28-15-11-24-22(4,5)6/h24H,8-19H2,1-7H3. The highest BCUT2D eigenvalue weighted by atomic mass is 16.5. The molecule has 0 radical (unpaired) electrons. The second kappa shape index (κ2) is 12.2. The molecule has 6 heteroatoms. The second-order valence-corrected chi connectivity index (χ2v) is 10.5. The minimum Gasteiger partial charge on any atom is -0.379 e. The number of amides is 1. The van der Waals surface area contributed by atoms with Crippen LogP contribution in [-0.4, -0.2) is 75.6 Å². The lowest BCUT2D eigenvalue weighted by atomic mass is 9.63. The normalized spacial score (nSPS) is 17.6. The summed E-state index contributed by atoms with van der Waals surface area (Å²) >= 11 is 0. The molecule has 0 spiro atoms. The lowest BCUT2D eigenvalue weighted by molar-refractivity contribution is -0.136. The fraction of sp³-hybridized carbons (Fsp3) is 0.957. The lowest BCUT2D eigenvalue weighted by Crippen LogP contribution is -2.47. The predicted octanol–water partition coefficient (Wildman–Crippen LogP) is 3.49. The zero-order valence-corrected chi connectivity index (χ0v) is 20.1. The van der Waals surface area contributed by atoms with E-state index >= 15 is 0 Å². The van der Waals surface area contributed by atoms with Crippen molar-refractivity contribution in [3.63, 3.8) is 0 Å². The van der Waals surface area contributed by atoms with Gasteiger partial charge in [-0.15, -0.1) is 0 Å². The first-order valence-electron chi connectivity index (χ1n) is 11.2. The van der Waals surface area contributed by atoms with E-state index in [1.54, 1.807) is 0 Å². The first-order valence-corrected chi connectivity index (χ1v) is 11.2. The Balaban J connectivity index is 1.96. The highest BCUT2D eigenvalue weighted by Gasteiger charge is 2.40. The zero-order valence-electron chi connectivity index (χ0n) is 20.1. The summed E-state index contributed by atoms with van der Waals surface area (Å²) in [5, 5.41) is 3.37. The third-order valence-corrected chi connectivity index (χ3v) is 6.14. The fourth-order valence-electron chi connectivity index (χ4n) is 3.36. The van der Waals surface area contributed by atoms with Gasteiger partial charge in [0.25, 0.3) is 0 Å². The van der Waals surface area contributed by atoms with Crippen molar-refractivity contribution in [1.82, 2.24) is 10.2 Å². The van der Waals surface area contributed by atoms with Crippen LogP contribution >= 0.6 is 0 Å². The number of carbonyl (C=O) groups excluding carboxylic acids is 1. The number of nitrogens with zero attached hydrogens (tertiary/aromatic N) is 1. The van der Waals surface area contributed by atoms with E-state index in [9.17, 15) is 4.79 Å². The van der Waals surface area contributed by atoms with Crippen molar-refractivity contribution in [1.29, 1.82) is 0 Å². The zero-order chi connectivity index (χ0) is 22.0. The van der Waals surface area contributed by atoms with Crippen LogP contribution in [0.15, 0.2) is 0 Å². The van der Waals surface area contributed by atoms with Crippen molar-refractivity contribution in [3.8, 4) is 0 Å². The van der Waals surface area contributed by atoms with Crippen LogP contribution in [0, 0.1) is 10.8 Å². The molecular weight excluding hydrogens is 368 g/mol. The molecule has 6 nitrogen and oxygen atoms in total. The third-order valence-electron chi connectivity index (χ3n) is 6.14. The van der Waals surface area contributed by atoms with Gasteiger partial charge in [-0.2, -0.15) is 0 Å². The molecule has 1 aliphatic rings. The molecule has 0 aromatic rings. The van der Waals surface area contributed by atoms with Crippen molar-refractivity contribution in [3.05, 3.63) is 0 Å². The van der Waals surface area contributed by atoms with Gasteiger partial charge in [0.05, 0.1) is 46.1 Å². The van der Waals surface area contributed by atoms with Gasteiger partial charge in [-0.05, 0) is 44.4 Å². The number of rotatable bonds is 12. The Morgan fingerprint density at radius 3 is 1.83 bits per heavy atom. The summed E-state index contributed by atoms with van der Waals surface area (Å²) in [5.74, 6) is 0.208. The van der Waals surface area contributed by atoms with Crippen LogP contribution in [0.4, 0.5) is 0 Å². The maximum atomic E-state index is 12.4. The van der Waals surface area contributed by atoms with Crippen molar-refractivity contribution in [2.75, 3.05) is 59.3 Å². The second-order valence-electron chi connectivity index (χ2n) is 10.5. The van der Waals surface area contributed by atoms with E-state index in [0.717, 1.165) is 32.5 Å². The smallest absolute Gasteiger partial charge is 0.224 e. The third kappa shape index (κ3) is 10.8. The molecular formula is C23H46N2O4. The van der Waals surface area contributed by atoms with Gasteiger partial charge in [0.15, 0.2) is 0 Å². The Morgan fingerprint density at radius 1 is 0.862 bits per heavy atom. The summed E-state index contributed by atoms with van der Waals surface area (Å²) < 4.78 is 16.6. The Morgan fingerprint density at radius 2 is 1.34 bits per heavy atom. The van der Waals surface area contributed by atoms with E-state index in [4.69, 9.17) is 14.2 Å². The Bertz CT molecular complexity index is 460. The molecule has 1 fully saturated rings. The van der Waals surface area contributed by atoms with Crippen LogP contribution in [0.3, 0.4) is 0 Å². The van der Waals surface area contributed by atoms with Crippen LogP contribution in [0.5, 0.6) is 0 Å². The Hall–Kier alpha value is -0.690. The minimum atomic E-state index is 0.125. The average molecular weight is 415 g/mol. The molecule has 1 aliphatic heterocycles. The van der Waals surface area contributed by atoms with E-state index in [2.05, 4.69) is 53.8 Å². The van der Waals surface area contributed by atoms with Gasteiger partial charge in [0.1, 0.15) is 0 Å². The summed E-state index contributed by atoms with van der Waals surface area (Å²) in [6.45, 7) is 21.6. The fourth-order valence-corrected chi connectivity index (χ4v) is 3.36. The highest BCUT2D eigenvalue weighted by Crippen LogP contribution is 2.46. The molecule has 1 rings (SSSR count). The number of hydrogen-bond acceptors (Lipinski definition) is 5. The predicted molar refractivity (Wildman–Crippen MR) is 118 cm³/mol. The molecule has 29 heavy (non-hydrogen) atoms. The quantitative estimate of drug-likeness (QED) is 0.495. The van der Waals surface area contributed by atoms with Gasteiger partial charge >= 0.3 is 0 Å². The van der Waals surface area contributed by atoms with E-state index in [-0.39, 0.29) is 16.9 Å². The number of likely N-dealkylation sites (tertiary alicyclic amines) is 1. The topological polar surface area (TPSA) is 60.0 Å². The molecule has 1 heterocycles. The van der Waals surface area contributed by atoms with E-state index in [1.165, 1.54) is 0 Å². The molecule has 0 bridgehead atoms. The van der Waals surface area contributed by atoms with Crippen LogP contribution in [0.25, 0.3) is 0 Å². The Kier molecular flexibility index (Phi) is 11.1. The van der Waals surface area contributed by atoms with Gasteiger partial charge in [-0.25, -0.2) is 0 Å². The number of nitrogens with one attached hydrogen (secondary N) is 1. The first-order chi connectivity index (χ1) is 13.4. The summed E-state index contributed by atoms with van der Waals surface area (Å²) in [6, 6.07) is 0. The van der Waals surface area contributed by atoms with Crippen LogP contribution < -0.4 is 5.32 Å². The first kappa shape index (κ1) is 26.3. The van der Waals surface area contributed by atoms with E-state index in [1.807, 2.05) is 4.90 Å². The van der Waals surface area contributed by atoms with Crippen molar-refractivity contribution in [2.45, 2.75) is 73.3 Å². The van der Waals surface area contributed by atoms with Crippen LogP contribution in [0.2, 0.25) is 0 Å². The SMILES string of the molecule is CC(C)(C)NCCOCCOCCOCCC(=O)N1CCC(C)(C(C)(C)C)CC1. The molecule has 0 aromatic heterocycles. The molecule has 1 N–H and O–H groups in total. The van der Waals surface area contributed by atoms with Crippen LogP contribution in [0.1, 0.15) is 67.7 Å². The molecule has 0 unspecified atom stereocenters. The number of piperidine rings is 1. The molecule has 0 saturated carbocycles. The Labute approximate surface area is 179 Å². The highest BCUT2D eigenvalue weighted by molar-refractivity contribution is 5.76. The van der Waals surface area contributed by atoms with Gasteiger partial charge in [0.2, 0.25) is 5.91 Å². The number of hydrogen-bond donors (Lipinski definition) is 1. The minimum absolute atomic E-state index is 0.125. The molecule has 0 atom stereocenters. The van der Waals surface area contributed by atoms with E-state index in [0.29, 0.717) is 51.5 Å². The molecule has 1 saturated heterocycles. The van der Waals surface area contributed by atoms with Crippen molar-refractivity contribution in [2.24, 2.45) is 10.8 Å². The van der Waals surface area contributed by atoms with Crippen molar-refractivity contribution < 1.29 is 19.0 Å². The van der Waals surface area contributed by atoms with Gasteiger partial charge in [-0.1, -0.05) is 27.7 Å². The summed E-state index contributed by atoms with van der Waals surface area (Å²) in [6.07, 6.45) is 2.60. The maximum Gasteiger partial charge on any atom is 0.224 e. The summed E-state index contributed by atoms with van der Waals surface area (Å²) in [5.41, 5.74) is 0.712. The van der Waals surface area contributed by atoms with Gasteiger partial charge in [-0.3, -0.25) is 4.79 Å². The molecule has 172 valence electrons. The maximum absolute atomic E-state index is 12.4. The summed E-state index contributed by atoms with van der Waals surface area (Å²) in [7, 11) is 0. The number of carbonyl (C=O) groups is 1. The molecule has 0 aromatic carbocycles. The summed E-state index contributed by atoms with van der Waals surface area (Å²) in [4.78, 5) is 14.4. The number of ether oxygens (including phenoxy) is 3. The molecule has 0 aliphatic carbocycles. The van der Waals surface area contributed by atoms with Gasteiger partial charge < -0.3 is 24.4 Å². The van der Waals surface area contributed by atoms with Gasteiger partial charge in [0, 0.05) is 25.2 Å². The van der Waals surface area contributed by atoms with E-state index < -0.39 is 0 Å². The molecule has 1 amide bonds. The largest absolute Gasteiger partial charge is 0.379 e. The lowest BCUT2D eigenvalue weighted by Gasteiger charge is -2.47. The monoisotopic (exact) mass is 414 g/mol. The van der Waals surface area contributed by atoms with Crippen molar-refractivity contribution >= 4 is 5.91 Å². The van der Waals surface area contributed by atoms with Crippen LogP contribution in [-0.2, 0) is 19.0 Å². The average Bonchev–Trinajstić information content (AvgIpc) is 2.61.